The second kappa shape index (κ2) is 9.82. The van der Waals surface area contributed by atoms with E-state index in [4.69, 9.17) is 11.6 Å². The van der Waals surface area contributed by atoms with Crippen LogP contribution in [0.4, 0.5) is 4.79 Å². The molecular formula is C30H27N5O3. The molecule has 0 aliphatic carbocycles. The van der Waals surface area contributed by atoms with Crippen LogP contribution in [0.5, 0.6) is 0 Å². The SMILES string of the molecule is CC1(c2ccccc2)C(=O)N(Cc2ccc3ccc(C=NN)cc3c2)C(=O)N1Cc1cccc(C(N)=O)c1. The summed E-state index contributed by atoms with van der Waals surface area (Å²) in [5, 5.41) is 5.56. The highest BCUT2D eigenvalue weighted by Gasteiger charge is 2.55. The third kappa shape index (κ3) is 4.37. The molecule has 1 fully saturated rings. The van der Waals surface area contributed by atoms with Gasteiger partial charge in [0.1, 0.15) is 5.54 Å². The molecule has 1 saturated heterocycles. The zero-order valence-corrected chi connectivity index (χ0v) is 20.9. The van der Waals surface area contributed by atoms with Gasteiger partial charge < -0.3 is 16.5 Å². The molecule has 0 radical (unpaired) electrons. The standard InChI is InChI=1S/C30H27N5O3/c1-30(26-8-3-2-4-9-26)28(37)34(29(38)35(30)19-21-6-5-7-24(15-21)27(31)36)18-22-11-13-23-12-10-20(17-33-32)14-25(23)16-22/h2-17H,18-19,32H2,1H3,(H2,31,36). The fourth-order valence-corrected chi connectivity index (χ4v) is 4.98. The summed E-state index contributed by atoms with van der Waals surface area (Å²) in [7, 11) is 0. The number of nitrogens with two attached hydrogens (primary N) is 2. The molecule has 4 aromatic carbocycles. The van der Waals surface area contributed by atoms with E-state index in [1.807, 2.05) is 72.8 Å². The number of carbonyl (C=O) groups excluding carboxylic acids is 3. The van der Waals surface area contributed by atoms with Gasteiger partial charge in [0.15, 0.2) is 0 Å². The molecule has 1 aliphatic heterocycles. The maximum atomic E-state index is 14.0. The molecule has 5 rings (SSSR count). The van der Waals surface area contributed by atoms with Gasteiger partial charge in [-0.15, -0.1) is 0 Å². The van der Waals surface area contributed by atoms with E-state index in [0.29, 0.717) is 16.7 Å². The van der Waals surface area contributed by atoms with Crippen molar-refractivity contribution in [3.05, 3.63) is 119 Å². The molecule has 8 nitrogen and oxygen atoms in total. The summed E-state index contributed by atoms with van der Waals surface area (Å²) in [6.07, 6.45) is 1.57. The average molecular weight is 506 g/mol. The summed E-state index contributed by atoms with van der Waals surface area (Å²) in [5.74, 6) is 4.43. The van der Waals surface area contributed by atoms with Crippen LogP contribution in [0.1, 0.15) is 39.5 Å². The van der Waals surface area contributed by atoms with Crippen LogP contribution in [-0.4, -0.2) is 33.9 Å². The first-order valence-corrected chi connectivity index (χ1v) is 12.1. The number of amides is 4. The van der Waals surface area contributed by atoms with Crippen molar-refractivity contribution in [1.82, 2.24) is 9.80 Å². The van der Waals surface area contributed by atoms with Gasteiger partial charge in [0.2, 0.25) is 5.91 Å². The predicted octanol–water partition coefficient (Wildman–Crippen LogP) is 4.11. The van der Waals surface area contributed by atoms with Crippen molar-refractivity contribution >= 4 is 34.8 Å². The van der Waals surface area contributed by atoms with Crippen molar-refractivity contribution < 1.29 is 14.4 Å². The number of benzene rings is 4. The van der Waals surface area contributed by atoms with Crippen LogP contribution in [0.3, 0.4) is 0 Å². The van der Waals surface area contributed by atoms with Crippen LogP contribution >= 0.6 is 0 Å². The van der Waals surface area contributed by atoms with Crippen LogP contribution in [0, 0.1) is 0 Å². The average Bonchev–Trinajstić information content (AvgIpc) is 3.10. The summed E-state index contributed by atoms with van der Waals surface area (Å²) in [5.41, 5.74) is 7.64. The first-order chi connectivity index (χ1) is 18.3. The van der Waals surface area contributed by atoms with Gasteiger partial charge in [-0.3, -0.25) is 14.5 Å². The molecule has 38 heavy (non-hydrogen) atoms. The lowest BCUT2D eigenvalue weighted by molar-refractivity contribution is -0.133. The first kappa shape index (κ1) is 24.7. The molecule has 8 heteroatoms. The zero-order valence-electron chi connectivity index (χ0n) is 20.9. The molecule has 1 aliphatic rings. The number of hydrogen-bond donors (Lipinski definition) is 2. The monoisotopic (exact) mass is 505 g/mol. The van der Waals surface area contributed by atoms with Crippen molar-refractivity contribution in [3.8, 4) is 0 Å². The lowest BCUT2D eigenvalue weighted by atomic mass is 9.90. The van der Waals surface area contributed by atoms with Crippen molar-refractivity contribution in [2.24, 2.45) is 16.7 Å². The second-order valence-corrected chi connectivity index (χ2v) is 9.48. The van der Waals surface area contributed by atoms with Crippen LogP contribution < -0.4 is 11.6 Å². The maximum absolute atomic E-state index is 14.0. The van der Waals surface area contributed by atoms with E-state index >= 15 is 0 Å². The van der Waals surface area contributed by atoms with E-state index in [2.05, 4.69) is 5.10 Å². The van der Waals surface area contributed by atoms with Gasteiger partial charge in [0.05, 0.1) is 12.8 Å². The highest BCUT2D eigenvalue weighted by molar-refractivity contribution is 6.07. The molecule has 0 spiro atoms. The normalized spacial score (nSPS) is 17.6. The lowest BCUT2D eigenvalue weighted by Crippen LogP contribution is -2.43. The minimum Gasteiger partial charge on any atom is -0.366 e. The molecule has 4 N–H and O–H groups in total. The minimum absolute atomic E-state index is 0.114. The van der Waals surface area contributed by atoms with Crippen molar-refractivity contribution in [2.75, 3.05) is 0 Å². The van der Waals surface area contributed by atoms with Crippen LogP contribution in [0.25, 0.3) is 10.8 Å². The van der Waals surface area contributed by atoms with E-state index < -0.39 is 17.5 Å². The quantitative estimate of drug-likeness (QED) is 0.170. The Kier molecular flexibility index (Phi) is 6.38. The number of hydrazone groups is 1. The molecule has 1 unspecified atom stereocenters. The minimum atomic E-state index is -1.23. The molecule has 190 valence electrons. The van der Waals surface area contributed by atoms with E-state index in [9.17, 15) is 14.4 Å². The Bertz CT molecular complexity index is 1580. The maximum Gasteiger partial charge on any atom is 0.328 e. The topological polar surface area (TPSA) is 122 Å². The summed E-state index contributed by atoms with van der Waals surface area (Å²) in [6, 6.07) is 27.3. The highest BCUT2D eigenvalue weighted by atomic mass is 16.2. The zero-order chi connectivity index (χ0) is 26.9. The Morgan fingerprint density at radius 2 is 1.61 bits per heavy atom. The molecular weight excluding hydrogens is 478 g/mol. The smallest absolute Gasteiger partial charge is 0.328 e. The molecule has 4 aromatic rings. The Hall–Kier alpha value is -4.98. The number of imide groups is 1. The Morgan fingerprint density at radius 1 is 0.868 bits per heavy atom. The second-order valence-electron chi connectivity index (χ2n) is 9.48. The number of nitrogens with zero attached hydrogens (tertiary/aromatic N) is 3. The number of hydrogen-bond acceptors (Lipinski definition) is 5. The van der Waals surface area contributed by atoms with Crippen LogP contribution in [0.15, 0.2) is 96.1 Å². The summed E-state index contributed by atoms with van der Waals surface area (Å²) >= 11 is 0. The fraction of sp³-hybridized carbons (Fsp3) is 0.133. The molecule has 0 saturated carbocycles. The van der Waals surface area contributed by atoms with Gasteiger partial charge >= 0.3 is 6.03 Å². The first-order valence-electron chi connectivity index (χ1n) is 12.1. The van der Waals surface area contributed by atoms with Gasteiger partial charge in [-0.1, -0.05) is 66.7 Å². The van der Waals surface area contributed by atoms with Gasteiger partial charge in [-0.05, 0) is 64.2 Å². The molecule has 1 heterocycles. The van der Waals surface area contributed by atoms with Crippen molar-refractivity contribution in [2.45, 2.75) is 25.6 Å². The molecule has 4 amide bonds. The Morgan fingerprint density at radius 3 is 2.34 bits per heavy atom. The van der Waals surface area contributed by atoms with Crippen LogP contribution in [-0.2, 0) is 23.4 Å². The van der Waals surface area contributed by atoms with Crippen LogP contribution in [0.2, 0.25) is 0 Å². The summed E-state index contributed by atoms with van der Waals surface area (Å²) in [6.45, 7) is 2.01. The van der Waals surface area contributed by atoms with Crippen molar-refractivity contribution in [1.29, 1.82) is 0 Å². The van der Waals surface area contributed by atoms with Gasteiger partial charge in [0.25, 0.3) is 5.91 Å². The third-order valence-electron chi connectivity index (χ3n) is 7.04. The van der Waals surface area contributed by atoms with Gasteiger partial charge in [0, 0.05) is 12.1 Å². The third-order valence-corrected chi connectivity index (χ3v) is 7.04. The van der Waals surface area contributed by atoms with Gasteiger partial charge in [-0.25, -0.2) is 4.79 Å². The van der Waals surface area contributed by atoms with Crippen molar-refractivity contribution in [3.63, 3.8) is 0 Å². The van der Waals surface area contributed by atoms with E-state index in [1.54, 1.807) is 36.2 Å². The number of primary amides is 1. The number of carbonyl (C=O) groups is 3. The Balaban J connectivity index is 1.52. The Labute approximate surface area is 220 Å². The lowest BCUT2D eigenvalue weighted by Gasteiger charge is -2.32. The molecule has 0 bridgehead atoms. The number of urea groups is 1. The summed E-state index contributed by atoms with van der Waals surface area (Å²) < 4.78 is 0. The number of fused-ring (bicyclic) bond motifs is 1. The van der Waals surface area contributed by atoms with E-state index in [0.717, 1.165) is 21.9 Å². The molecule has 1 atom stereocenters. The highest BCUT2D eigenvalue weighted by Crippen LogP contribution is 2.39. The van der Waals surface area contributed by atoms with Gasteiger partial charge in [-0.2, -0.15) is 5.10 Å². The van der Waals surface area contributed by atoms with E-state index in [-0.39, 0.29) is 19.0 Å². The van der Waals surface area contributed by atoms with E-state index in [1.165, 1.54) is 4.90 Å². The largest absolute Gasteiger partial charge is 0.366 e. The molecule has 0 aromatic heterocycles. The fourth-order valence-electron chi connectivity index (χ4n) is 4.98. The predicted molar refractivity (Wildman–Crippen MR) is 146 cm³/mol. The number of rotatable bonds is 7. The summed E-state index contributed by atoms with van der Waals surface area (Å²) in [4.78, 5) is 42.4.